The number of nitrogens with zero attached hydrogens (tertiary/aromatic N) is 2. The zero-order chi connectivity index (χ0) is 21.0. The first kappa shape index (κ1) is 21.4. The van der Waals surface area contributed by atoms with Crippen LogP contribution in [0.5, 0.6) is 0 Å². The van der Waals surface area contributed by atoms with Crippen molar-refractivity contribution >= 4 is 40.4 Å². The van der Waals surface area contributed by atoms with Crippen molar-refractivity contribution in [1.82, 2.24) is 10.2 Å². The zero-order valence-electron chi connectivity index (χ0n) is 16.4. The standard InChI is InChI=1S/C20H22ClN3O4S/c1-12-17(19(26)28-3)18(13-4-6-14(21)7-5-13)24-15(11-29-20(24)23-12)10-16(25)22-8-9-27-2/h4-7,11,18H,8-10H2,1-3H3,(H,22,25). The molecule has 29 heavy (non-hydrogen) atoms. The molecule has 3 rings (SSSR count). The van der Waals surface area contributed by atoms with Gasteiger partial charge in [0.15, 0.2) is 5.17 Å². The summed E-state index contributed by atoms with van der Waals surface area (Å²) in [5.41, 5.74) is 2.65. The maximum atomic E-state index is 12.6. The predicted octanol–water partition coefficient (Wildman–Crippen LogP) is 3.24. The van der Waals surface area contributed by atoms with Crippen LogP contribution in [0.25, 0.3) is 0 Å². The number of fused-ring (bicyclic) bond motifs is 1. The van der Waals surface area contributed by atoms with Crippen LogP contribution in [0.3, 0.4) is 0 Å². The number of nitrogens with one attached hydrogen (secondary N) is 1. The van der Waals surface area contributed by atoms with Crippen molar-refractivity contribution in [1.29, 1.82) is 0 Å². The lowest BCUT2D eigenvalue weighted by Gasteiger charge is -2.36. The number of hydrogen-bond donors (Lipinski definition) is 1. The molecule has 0 fully saturated rings. The van der Waals surface area contributed by atoms with Crippen molar-refractivity contribution in [3.05, 3.63) is 57.2 Å². The van der Waals surface area contributed by atoms with Gasteiger partial charge in [-0.25, -0.2) is 9.79 Å². The highest BCUT2D eigenvalue weighted by Crippen LogP contribution is 2.44. The normalized spacial score (nSPS) is 18.2. The molecule has 0 saturated heterocycles. The monoisotopic (exact) mass is 435 g/mol. The van der Waals surface area contributed by atoms with E-state index in [2.05, 4.69) is 10.3 Å². The number of allylic oxidation sites excluding steroid dienone is 1. The van der Waals surface area contributed by atoms with Gasteiger partial charge in [-0.2, -0.15) is 0 Å². The number of rotatable bonds is 7. The molecule has 0 aliphatic carbocycles. The molecule has 9 heteroatoms. The summed E-state index contributed by atoms with van der Waals surface area (Å²) in [6, 6.07) is 6.82. The number of amides is 1. The number of methoxy groups -OCH3 is 2. The third-order valence-corrected chi connectivity index (χ3v) is 5.70. The van der Waals surface area contributed by atoms with Gasteiger partial charge in [0, 0.05) is 24.4 Å². The minimum Gasteiger partial charge on any atom is -0.466 e. The van der Waals surface area contributed by atoms with E-state index >= 15 is 0 Å². The number of ether oxygens (including phenoxy) is 2. The van der Waals surface area contributed by atoms with Gasteiger partial charge in [0.05, 0.1) is 37.4 Å². The van der Waals surface area contributed by atoms with Gasteiger partial charge in [-0.05, 0) is 30.0 Å². The number of thioether (sulfide) groups is 1. The van der Waals surface area contributed by atoms with Crippen LogP contribution in [-0.4, -0.2) is 49.3 Å². The van der Waals surface area contributed by atoms with Crippen molar-refractivity contribution in [3.63, 3.8) is 0 Å². The number of aliphatic imine (C=N–C) groups is 1. The van der Waals surface area contributed by atoms with Crippen LogP contribution in [-0.2, 0) is 19.1 Å². The summed E-state index contributed by atoms with van der Waals surface area (Å²) in [4.78, 5) is 31.5. The summed E-state index contributed by atoms with van der Waals surface area (Å²) in [6.45, 7) is 2.66. The fraction of sp³-hybridized carbons (Fsp3) is 0.350. The molecule has 1 atom stereocenters. The van der Waals surface area contributed by atoms with Gasteiger partial charge in [0.2, 0.25) is 5.91 Å². The Bertz CT molecular complexity index is 895. The fourth-order valence-electron chi connectivity index (χ4n) is 3.22. The van der Waals surface area contributed by atoms with Crippen molar-refractivity contribution < 1.29 is 19.1 Å². The second-order valence-electron chi connectivity index (χ2n) is 6.46. The lowest BCUT2D eigenvalue weighted by Crippen LogP contribution is -2.38. The molecule has 1 aromatic rings. The van der Waals surface area contributed by atoms with Gasteiger partial charge in [-0.3, -0.25) is 4.79 Å². The Morgan fingerprint density at radius 3 is 2.66 bits per heavy atom. The summed E-state index contributed by atoms with van der Waals surface area (Å²) in [6.07, 6.45) is 0.160. The van der Waals surface area contributed by atoms with E-state index < -0.39 is 12.0 Å². The van der Waals surface area contributed by atoms with Crippen LogP contribution in [0.15, 0.2) is 51.6 Å². The first-order valence-electron chi connectivity index (χ1n) is 9.00. The molecule has 0 spiro atoms. The van der Waals surface area contributed by atoms with E-state index in [0.717, 1.165) is 16.4 Å². The maximum absolute atomic E-state index is 12.6. The Morgan fingerprint density at radius 1 is 1.28 bits per heavy atom. The van der Waals surface area contributed by atoms with E-state index in [1.54, 1.807) is 26.2 Å². The van der Waals surface area contributed by atoms with Gasteiger partial charge >= 0.3 is 5.97 Å². The van der Waals surface area contributed by atoms with Crippen molar-refractivity contribution in [2.45, 2.75) is 19.4 Å². The van der Waals surface area contributed by atoms with E-state index in [4.69, 9.17) is 21.1 Å². The minimum atomic E-state index is -0.458. The molecule has 0 radical (unpaired) electrons. The molecule has 0 aromatic heterocycles. The van der Waals surface area contributed by atoms with Crippen LogP contribution < -0.4 is 5.32 Å². The molecule has 1 aromatic carbocycles. The molecule has 0 saturated carbocycles. The van der Waals surface area contributed by atoms with Gasteiger partial charge < -0.3 is 19.7 Å². The molecule has 2 aliphatic rings. The predicted molar refractivity (Wildman–Crippen MR) is 113 cm³/mol. The second kappa shape index (κ2) is 9.47. The molecule has 154 valence electrons. The average Bonchev–Trinajstić information content (AvgIpc) is 3.09. The van der Waals surface area contributed by atoms with Crippen LogP contribution in [0, 0.1) is 0 Å². The average molecular weight is 436 g/mol. The van der Waals surface area contributed by atoms with E-state index in [1.807, 2.05) is 22.4 Å². The molecule has 7 nitrogen and oxygen atoms in total. The molecule has 1 amide bonds. The summed E-state index contributed by atoms with van der Waals surface area (Å²) >= 11 is 7.48. The Morgan fingerprint density at radius 2 is 2.00 bits per heavy atom. The van der Waals surface area contributed by atoms with Crippen molar-refractivity contribution in [2.75, 3.05) is 27.4 Å². The SMILES string of the molecule is COCCNC(=O)CC1=CSC2=NC(C)=C(C(=O)OC)C(c3ccc(Cl)cc3)N12. The molecule has 1 unspecified atom stereocenters. The highest BCUT2D eigenvalue weighted by Gasteiger charge is 2.40. The number of halogens is 1. The molecule has 2 aliphatic heterocycles. The first-order chi connectivity index (χ1) is 14.0. The van der Waals surface area contributed by atoms with E-state index in [9.17, 15) is 9.59 Å². The number of hydrogen-bond acceptors (Lipinski definition) is 7. The largest absolute Gasteiger partial charge is 0.466 e. The van der Waals surface area contributed by atoms with Crippen LogP contribution in [0.2, 0.25) is 5.02 Å². The Balaban J connectivity index is 1.95. The van der Waals surface area contributed by atoms with E-state index in [0.29, 0.717) is 29.4 Å². The van der Waals surface area contributed by atoms with Gasteiger partial charge in [0.25, 0.3) is 0 Å². The number of carbonyl (C=O) groups is 2. The summed E-state index contributed by atoms with van der Waals surface area (Å²) in [7, 11) is 2.93. The van der Waals surface area contributed by atoms with E-state index in [-0.39, 0.29) is 12.3 Å². The Hall–Kier alpha value is -2.29. The van der Waals surface area contributed by atoms with E-state index in [1.165, 1.54) is 18.9 Å². The van der Waals surface area contributed by atoms with Gasteiger partial charge in [0.1, 0.15) is 0 Å². The summed E-state index contributed by atoms with van der Waals surface area (Å²) in [5, 5.41) is 6.03. The number of amidine groups is 1. The quantitative estimate of drug-likeness (QED) is 0.523. The third kappa shape index (κ3) is 4.66. The lowest BCUT2D eigenvalue weighted by atomic mass is 9.94. The number of carbonyl (C=O) groups excluding carboxylic acids is 2. The van der Waals surface area contributed by atoms with Gasteiger partial charge in [-0.15, -0.1) is 0 Å². The second-order valence-corrected chi connectivity index (χ2v) is 7.73. The number of benzene rings is 1. The molecular formula is C20H22ClN3O4S. The van der Waals surface area contributed by atoms with Crippen molar-refractivity contribution in [3.8, 4) is 0 Å². The zero-order valence-corrected chi connectivity index (χ0v) is 18.0. The van der Waals surface area contributed by atoms with Crippen LogP contribution >= 0.6 is 23.4 Å². The highest BCUT2D eigenvalue weighted by molar-refractivity contribution is 8.16. The smallest absolute Gasteiger partial charge is 0.338 e. The molecule has 2 heterocycles. The lowest BCUT2D eigenvalue weighted by molar-refractivity contribution is -0.136. The summed E-state index contributed by atoms with van der Waals surface area (Å²) in [5.74, 6) is -0.582. The fourth-order valence-corrected chi connectivity index (χ4v) is 4.31. The highest BCUT2D eigenvalue weighted by atomic mass is 35.5. The molecule has 1 N–H and O–H groups in total. The third-order valence-electron chi connectivity index (χ3n) is 4.56. The first-order valence-corrected chi connectivity index (χ1v) is 10.3. The van der Waals surface area contributed by atoms with Gasteiger partial charge in [-0.1, -0.05) is 35.5 Å². The molecular weight excluding hydrogens is 414 g/mol. The number of esters is 1. The Kier molecular flexibility index (Phi) is 7.00. The van der Waals surface area contributed by atoms with Crippen LogP contribution in [0.1, 0.15) is 24.9 Å². The minimum absolute atomic E-state index is 0.129. The van der Waals surface area contributed by atoms with Crippen LogP contribution in [0.4, 0.5) is 0 Å². The van der Waals surface area contributed by atoms with Crippen molar-refractivity contribution in [2.24, 2.45) is 4.99 Å². The molecule has 0 bridgehead atoms. The summed E-state index contributed by atoms with van der Waals surface area (Å²) < 4.78 is 9.99. The topological polar surface area (TPSA) is 80.2 Å². The maximum Gasteiger partial charge on any atom is 0.338 e. The Labute approximate surface area is 178 Å².